The van der Waals surface area contributed by atoms with E-state index >= 15 is 0 Å². The average molecular weight is 401 g/mol. The molecule has 10 heteroatoms. The molecule has 26 heavy (non-hydrogen) atoms. The summed E-state index contributed by atoms with van der Waals surface area (Å²) < 4.78 is 33.6. The van der Waals surface area contributed by atoms with Gasteiger partial charge in [0, 0.05) is 22.3 Å². The number of carbonyl (C=O) groups excluding carboxylic acids is 2. The number of carbonyl (C=O) groups is 2. The number of anilines is 1. The number of cyclic esters (lactones) is 1. The number of nitrogens with two attached hydrogens (primary N) is 1. The number of halogens is 1. The van der Waals surface area contributed by atoms with E-state index in [1.807, 2.05) is 0 Å². The molecule has 2 fully saturated rings. The number of hydrogen-bond donors (Lipinski definition) is 2. The highest BCUT2D eigenvalue weighted by Crippen LogP contribution is 2.32. The van der Waals surface area contributed by atoms with Gasteiger partial charge in [0.1, 0.15) is 11.9 Å². The molecule has 0 bridgehead atoms. The minimum atomic E-state index is -0.790. The first-order valence-corrected chi connectivity index (χ1v) is 10.7. The summed E-state index contributed by atoms with van der Waals surface area (Å²) in [5, 5.41) is 0. The van der Waals surface area contributed by atoms with Crippen molar-refractivity contribution in [2.24, 2.45) is 5.73 Å². The number of ether oxygens (including phenoxy) is 1. The van der Waals surface area contributed by atoms with Gasteiger partial charge >= 0.3 is 12.1 Å². The predicted molar refractivity (Wildman–Crippen MR) is 99.0 cm³/mol. The lowest BCUT2D eigenvalue weighted by Gasteiger charge is -2.23. The molecule has 142 valence electrons. The standard InChI is InChI=1S/C16H20FN3O4S2/c17-14-7-11(1-2-13(14)10-3-5-26(23)6-4-10)20-8-12(24-16(20)22)9-25-19-15(18)21/h1-2,7,10,12H,3-6,8-9H2,(H3,18,19,21)/t10?,12-,26?/m0/s1. The normalized spacial score (nSPS) is 25.8. The van der Waals surface area contributed by atoms with Crippen molar-refractivity contribution in [3.8, 4) is 0 Å². The molecule has 7 nitrogen and oxygen atoms in total. The van der Waals surface area contributed by atoms with Crippen LogP contribution in [0.5, 0.6) is 0 Å². The lowest BCUT2D eigenvalue weighted by Crippen LogP contribution is -2.27. The minimum Gasteiger partial charge on any atom is -0.443 e. The largest absolute Gasteiger partial charge is 0.443 e. The number of rotatable bonds is 5. The fraction of sp³-hybridized carbons (Fsp3) is 0.500. The van der Waals surface area contributed by atoms with Crippen LogP contribution in [0.15, 0.2) is 18.2 Å². The van der Waals surface area contributed by atoms with E-state index in [4.69, 9.17) is 10.5 Å². The van der Waals surface area contributed by atoms with Gasteiger partial charge in [-0.2, -0.15) is 0 Å². The van der Waals surface area contributed by atoms with Crippen LogP contribution in [-0.4, -0.2) is 46.2 Å². The van der Waals surface area contributed by atoms with Crippen molar-refractivity contribution in [1.82, 2.24) is 4.72 Å². The molecule has 0 aliphatic carbocycles. The van der Waals surface area contributed by atoms with E-state index in [1.54, 1.807) is 12.1 Å². The van der Waals surface area contributed by atoms with Crippen LogP contribution >= 0.6 is 11.9 Å². The Kier molecular flexibility index (Phi) is 6.02. The van der Waals surface area contributed by atoms with Gasteiger partial charge in [-0.3, -0.25) is 13.8 Å². The number of nitrogens with one attached hydrogen (secondary N) is 1. The number of hydrogen-bond acceptors (Lipinski definition) is 5. The maximum absolute atomic E-state index is 14.6. The summed E-state index contributed by atoms with van der Waals surface area (Å²) in [5.41, 5.74) is 6.02. The van der Waals surface area contributed by atoms with Gasteiger partial charge in [-0.25, -0.2) is 14.0 Å². The summed E-state index contributed by atoms with van der Waals surface area (Å²) >= 11 is 1.06. The van der Waals surface area contributed by atoms with Gasteiger partial charge in [0.2, 0.25) is 0 Å². The molecular formula is C16H20FN3O4S2. The number of primary amides is 1. The second-order valence-electron chi connectivity index (χ2n) is 6.22. The summed E-state index contributed by atoms with van der Waals surface area (Å²) in [5.74, 6) is 1.26. The molecule has 0 spiro atoms. The third kappa shape index (κ3) is 4.47. The Morgan fingerprint density at radius 3 is 2.81 bits per heavy atom. The number of benzene rings is 1. The second-order valence-corrected chi connectivity index (χ2v) is 8.74. The van der Waals surface area contributed by atoms with Crippen molar-refractivity contribution in [3.05, 3.63) is 29.6 Å². The van der Waals surface area contributed by atoms with Gasteiger partial charge in [0.15, 0.2) is 0 Å². The molecule has 1 aromatic carbocycles. The van der Waals surface area contributed by atoms with Gasteiger partial charge in [0.25, 0.3) is 0 Å². The van der Waals surface area contributed by atoms with E-state index in [9.17, 15) is 18.2 Å². The van der Waals surface area contributed by atoms with Crippen LogP contribution in [0, 0.1) is 5.82 Å². The van der Waals surface area contributed by atoms with Crippen LogP contribution in [0.25, 0.3) is 0 Å². The molecular weight excluding hydrogens is 381 g/mol. The summed E-state index contributed by atoms with van der Waals surface area (Å²) in [6, 6.07) is 4.09. The summed E-state index contributed by atoms with van der Waals surface area (Å²) in [4.78, 5) is 24.1. The summed E-state index contributed by atoms with van der Waals surface area (Å²) in [6.45, 7) is 0.271. The Morgan fingerprint density at radius 2 is 2.15 bits per heavy atom. The van der Waals surface area contributed by atoms with Crippen LogP contribution in [-0.2, 0) is 15.5 Å². The van der Waals surface area contributed by atoms with Gasteiger partial charge in [-0.15, -0.1) is 0 Å². The monoisotopic (exact) mass is 401 g/mol. The quantitative estimate of drug-likeness (QED) is 0.736. The minimum absolute atomic E-state index is 0.0660. The van der Waals surface area contributed by atoms with E-state index in [0.717, 1.165) is 11.9 Å². The summed E-state index contributed by atoms with van der Waals surface area (Å²) in [6.07, 6.45) is 0.451. The molecule has 0 radical (unpaired) electrons. The Hall–Kier alpha value is -1.81. The molecule has 0 saturated carbocycles. The van der Waals surface area contributed by atoms with Crippen molar-refractivity contribution < 1.29 is 22.9 Å². The molecule has 2 saturated heterocycles. The van der Waals surface area contributed by atoms with Crippen LogP contribution in [0.1, 0.15) is 24.3 Å². The van der Waals surface area contributed by atoms with Crippen LogP contribution in [0.3, 0.4) is 0 Å². The lowest BCUT2D eigenvalue weighted by molar-refractivity contribution is 0.151. The number of nitrogens with zero attached hydrogens (tertiary/aromatic N) is 1. The topological polar surface area (TPSA) is 102 Å². The molecule has 3 amide bonds. The Bertz CT molecular complexity index is 723. The number of amides is 3. The van der Waals surface area contributed by atoms with E-state index in [2.05, 4.69) is 4.72 Å². The molecule has 1 aromatic rings. The van der Waals surface area contributed by atoms with Crippen LogP contribution in [0.4, 0.5) is 19.7 Å². The highest BCUT2D eigenvalue weighted by Gasteiger charge is 2.33. The Balaban J connectivity index is 1.64. The predicted octanol–water partition coefficient (Wildman–Crippen LogP) is 2.09. The highest BCUT2D eigenvalue weighted by atomic mass is 32.2. The third-order valence-corrected chi connectivity index (χ3v) is 6.71. The van der Waals surface area contributed by atoms with Crippen molar-refractivity contribution in [1.29, 1.82) is 0 Å². The van der Waals surface area contributed by atoms with E-state index in [0.29, 0.717) is 41.4 Å². The first kappa shape index (κ1) is 19.0. The second kappa shape index (κ2) is 8.26. The Morgan fingerprint density at radius 1 is 1.42 bits per heavy atom. The van der Waals surface area contributed by atoms with Crippen LogP contribution < -0.4 is 15.4 Å². The fourth-order valence-electron chi connectivity index (χ4n) is 3.14. The SMILES string of the molecule is NC(=O)NSC[C@@H]1CN(c2ccc(C3CCS(=O)CC3)c(F)c2)C(=O)O1. The zero-order valence-corrected chi connectivity index (χ0v) is 15.6. The van der Waals surface area contributed by atoms with Crippen molar-refractivity contribution in [3.63, 3.8) is 0 Å². The molecule has 3 N–H and O–H groups in total. The third-order valence-electron chi connectivity index (χ3n) is 4.44. The van der Waals surface area contributed by atoms with Gasteiger partial charge < -0.3 is 10.5 Å². The smallest absolute Gasteiger partial charge is 0.414 e. The average Bonchev–Trinajstić information content (AvgIpc) is 2.96. The molecule has 3 rings (SSSR count). The molecule has 2 aliphatic heterocycles. The zero-order valence-electron chi connectivity index (χ0n) is 14.0. The lowest BCUT2D eigenvalue weighted by atomic mass is 9.93. The molecule has 0 aromatic heterocycles. The zero-order chi connectivity index (χ0) is 18.7. The van der Waals surface area contributed by atoms with Gasteiger partial charge in [-0.1, -0.05) is 6.07 Å². The Labute approximate surface area is 157 Å². The van der Waals surface area contributed by atoms with Crippen molar-refractivity contribution in [2.45, 2.75) is 24.9 Å². The fourth-order valence-corrected chi connectivity index (χ4v) is 5.03. The van der Waals surface area contributed by atoms with Gasteiger partial charge in [0.05, 0.1) is 18.0 Å². The first-order valence-electron chi connectivity index (χ1n) is 8.24. The van der Waals surface area contributed by atoms with Crippen LogP contribution in [0.2, 0.25) is 0 Å². The van der Waals surface area contributed by atoms with Crippen molar-refractivity contribution >= 4 is 40.6 Å². The molecule has 1 atom stereocenters. The summed E-state index contributed by atoms with van der Waals surface area (Å²) in [7, 11) is -0.790. The molecule has 2 heterocycles. The van der Waals surface area contributed by atoms with Gasteiger partial charge in [-0.05, 0) is 48.4 Å². The maximum atomic E-state index is 14.6. The number of urea groups is 1. The molecule has 0 unspecified atom stereocenters. The van der Waals surface area contributed by atoms with E-state index in [1.165, 1.54) is 11.0 Å². The molecule has 2 aliphatic rings. The maximum Gasteiger partial charge on any atom is 0.414 e. The van der Waals surface area contributed by atoms with E-state index < -0.39 is 29.0 Å². The highest BCUT2D eigenvalue weighted by molar-refractivity contribution is 7.97. The first-order chi connectivity index (χ1) is 12.4. The van der Waals surface area contributed by atoms with E-state index in [-0.39, 0.29) is 18.3 Å². The van der Waals surface area contributed by atoms with Crippen molar-refractivity contribution in [2.75, 3.05) is 28.7 Å².